The maximum Gasteiger partial charge on any atom is 0.211 e. The molecule has 13 heteroatoms. The number of pyridine rings is 2. The number of piperazine rings is 1. The lowest BCUT2D eigenvalue weighted by Crippen LogP contribution is -2.48. The van der Waals surface area contributed by atoms with Crippen LogP contribution in [0.4, 0.5) is 5.82 Å². The van der Waals surface area contributed by atoms with Crippen molar-refractivity contribution in [1.82, 2.24) is 24.5 Å². The Balaban J connectivity index is 1.35. The van der Waals surface area contributed by atoms with Crippen molar-refractivity contribution in [3.8, 4) is 17.0 Å². The Labute approximate surface area is 218 Å². The second kappa shape index (κ2) is 9.83. The maximum atomic E-state index is 11.7. The smallest absolute Gasteiger partial charge is 0.211 e. The third kappa shape index (κ3) is 4.97. The van der Waals surface area contributed by atoms with Crippen LogP contribution in [0.3, 0.4) is 0 Å². The monoisotopic (exact) mass is 547 g/mol. The molecule has 0 saturated carbocycles. The molecule has 1 saturated heterocycles. The molecule has 0 bridgehead atoms. The SMILES string of the molecule is CS(=O)(=O)N1CCN(c2ccc(-c3n[nH]c4ccc(O[C@H](N)c5c(Cl)cncc5Cl)cc34)cn2)CC1. The number of nitrogens with zero attached hydrogens (tertiary/aromatic N) is 5. The number of aromatic nitrogens is 4. The number of halogens is 2. The lowest BCUT2D eigenvalue weighted by molar-refractivity contribution is 0.214. The van der Waals surface area contributed by atoms with E-state index >= 15 is 0 Å². The summed E-state index contributed by atoms with van der Waals surface area (Å²) in [5, 5.41) is 8.97. The fourth-order valence-corrected chi connectivity index (χ4v) is 5.55. The second-order valence-electron chi connectivity index (χ2n) is 8.39. The maximum absolute atomic E-state index is 11.7. The van der Waals surface area contributed by atoms with E-state index in [4.69, 9.17) is 33.7 Å². The van der Waals surface area contributed by atoms with Gasteiger partial charge in [0, 0.05) is 61.3 Å². The van der Waals surface area contributed by atoms with Crippen molar-refractivity contribution < 1.29 is 13.2 Å². The van der Waals surface area contributed by atoms with Gasteiger partial charge in [-0.1, -0.05) is 23.2 Å². The molecule has 1 aromatic carbocycles. The fraction of sp³-hybridized carbons (Fsp3) is 0.261. The summed E-state index contributed by atoms with van der Waals surface area (Å²) in [6, 6.07) is 9.33. The second-order valence-corrected chi connectivity index (χ2v) is 11.2. The Morgan fingerprint density at radius 1 is 1.06 bits per heavy atom. The summed E-state index contributed by atoms with van der Waals surface area (Å²) in [4.78, 5) is 10.6. The van der Waals surface area contributed by atoms with Crippen LogP contribution in [0.25, 0.3) is 22.2 Å². The van der Waals surface area contributed by atoms with Crippen LogP contribution >= 0.6 is 23.2 Å². The van der Waals surface area contributed by atoms with Crippen molar-refractivity contribution in [2.45, 2.75) is 6.23 Å². The van der Waals surface area contributed by atoms with Gasteiger partial charge in [0.2, 0.25) is 10.0 Å². The zero-order chi connectivity index (χ0) is 25.4. The molecular weight excluding hydrogens is 525 g/mol. The summed E-state index contributed by atoms with van der Waals surface area (Å²) < 4.78 is 30.9. The van der Waals surface area contributed by atoms with E-state index in [9.17, 15) is 8.42 Å². The molecule has 1 atom stereocenters. The minimum Gasteiger partial charge on any atom is -0.471 e. The number of sulfonamides is 1. The molecule has 4 aromatic rings. The summed E-state index contributed by atoms with van der Waals surface area (Å²) in [5.41, 5.74) is 9.04. The average molecular weight is 548 g/mol. The molecule has 5 rings (SSSR count). The molecule has 4 heterocycles. The number of aromatic amines is 1. The minimum atomic E-state index is -3.18. The standard InChI is InChI=1S/C23H23Cl2N7O3S/c1-36(33,34)32-8-6-31(7-9-32)20-5-2-14(11-28-20)22-16-10-15(3-4-19(16)29-30-22)35-23(26)21-17(24)12-27-13-18(21)25/h2-5,10-13,23H,6-9,26H2,1H3,(H,29,30)/t23-/m0/s1. The Morgan fingerprint density at radius 2 is 1.78 bits per heavy atom. The van der Waals surface area contributed by atoms with E-state index in [1.165, 1.54) is 23.0 Å². The molecule has 0 aliphatic carbocycles. The van der Waals surface area contributed by atoms with Crippen LogP contribution in [-0.2, 0) is 10.0 Å². The molecule has 1 fully saturated rings. The molecular formula is C23H23Cl2N7O3S. The molecule has 10 nitrogen and oxygen atoms in total. The van der Waals surface area contributed by atoms with Crippen LogP contribution in [0, 0.1) is 0 Å². The molecule has 0 radical (unpaired) electrons. The summed E-state index contributed by atoms with van der Waals surface area (Å²) >= 11 is 12.4. The van der Waals surface area contributed by atoms with Gasteiger partial charge >= 0.3 is 0 Å². The molecule has 3 N–H and O–H groups in total. The van der Waals surface area contributed by atoms with Crippen LogP contribution in [-0.4, -0.2) is 65.3 Å². The van der Waals surface area contributed by atoms with Crippen LogP contribution in [0.15, 0.2) is 48.9 Å². The molecule has 36 heavy (non-hydrogen) atoms. The minimum absolute atomic E-state index is 0.323. The van der Waals surface area contributed by atoms with E-state index in [1.807, 2.05) is 24.3 Å². The summed E-state index contributed by atoms with van der Waals surface area (Å²) in [6.07, 6.45) is 5.03. The highest BCUT2D eigenvalue weighted by Gasteiger charge is 2.24. The highest BCUT2D eigenvalue weighted by Crippen LogP contribution is 2.33. The van der Waals surface area contributed by atoms with Gasteiger partial charge in [0.05, 0.1) is 21.8 Å². The number of hydrogen-bond acceptors (Lipinski definition) is 8. The number of H-pyrrole nitrogens is 1. The van der Waals surface area contributed by atoms with E-state index in [1.54, 1.807) is 12.3 Å². The van der Waals surface area contributed by atoms with Gasteiger partial charge in [-0.25, -0.2) is 13.4 Å². The third-order valence-electron chi connectivity index (χ3n) is 6.03. The summed E-state index contributed by atoms with van der Waals surface area (Å²) in [5.74, 6) is 1.31. The van der Waals surface area contributed by atoms with Crippen molar-refractivity contribution in [3.63, 3.8) is 0 Å². The first-order chi connectivity index (χ1) is 17.2. The van der Waals surface area contributed by atoms with Gasteiger partial charge in [0.25, 0.3) is 0 Å². The largest absolute Gasteiger partial charge is 0.471 e. The van der Waals surface area contributed by atoms with E-state index in [0.717, 1.165) is 22.3 Å². The third-order valence-corrected chi connectivity index (χ3v) is 7.93. The zero-order valence-corrected chi connectivity index (χ0v) is 21.6. The molecule has 0 spiro atoms. The first kappa shape index (κ1) is 24.7. The number of hydrogen-bond donors (Lipinski definition) is 2. The first-order valence-corrected chi connectivity index (χ1v) is 13.7. The van der Waals surface area contributed by atoms with Crippen molar-refractivity contribution in [1.29, 1.82) is 0 Å². The first-order valence-electron chi connectivity index (χ1n) is 11.1. The van der Waals surface area contributed by atoms with Crippen molar-refractivity contribution in [2.24, 2.45) is 5.73 Å². The van der Waals surface area contributed by atoms with Gasteiger partial charge in [-0.05, 0) is 30.3 Å². The van der Waals surface area contributed by atoms with Gasteiger partial charge in [-0.2, -0.15) is 9.40 Å². The molecule has 3 aromatic heterocycles. The molecule has 1 aliphatic rings. The van der Waals surface area contributed by atoms with Gasteiger partial charge in [0.15, 0.2) is 6.23 Å². The fourth-order valence-electron chi connectivity index (χ4n) is 4.15. The van der Waals surface area contributed by atoms with E-state index in [-0.39, 0.29) is 0 Å². The van der Waals surface area contributed by atoms with Gasteiger partial charge < -0.3 is 9.64 Å². The number of nitrogens with one attached hydrogen (secondary N) is 1. The highest BCUT2D eigenvalue weighted by molar-refractivity contribution is 7.88. The van der Waals surface area contributed by atoms with E-state index in [0.29, 0.717) is 53.2 Å². The lowest BCUT2D eigenvalue weighted by atomic mass is 10.1. The Morgan fingerprint density at radius 3 is 2.42 bits per heavy atom. The average Bonchev–Trinajstić information content (AvgIpc) is 3.27. The topological polar surface area (TPSA) is 130 Å². The van der Waals surface area contributed by atoms with Gasteiger partial charge in [0.1, 0.15) is 17.3 Å². The van der Waals surface area contributed by atoms with Gasteiger partial charge in [-0.3, -0.25) is 15.8 Å². The highest BCUT2D eigenvalue weighted by atomic mass is 35.5. The van der Waals surface area contributed by atoms with Crippen molar-refractivity contribution in [3.05, 3.63) is 64.5 Å². The van der Waals surface area contributed by atoms with Crippen LogP contribution in [0.2, 0.25) is 10.0 Å². The Bertz CT molecular complexity index is 1480. The molecule has 188 valence electrons. The molecule has 0 amide bonds. The van der Waals surface area contributed by atoms with Gasteiger partial charge in [-0.15, -0.1) is 0 Å². The van der Waals surface area contributed by atoms with Crippen LogP contribution in [0.5, 0.6) is 5.75 Å². The quantitative estimate of drug-likeness (QED) is 0.351. The number of ether oxygens (including phenoxy) is 1. The predicted molar refractivity (Wildman–Crippen MR) is 140 cm³/mol. The Hall–Kier alpha value is -2.96. The number of anilines is 1. The molecule has 0 unspecified atom stereocenters. The summed E-state index contributed by atoms with van der Waals surface area (Å²) in [7, 11) is -3.18. The van der Waals surface area contributed by atoms with Crippen LogP contribution < -0.4 is 15.4 Å². The number of benzene rings is 1. The zero-order valence-electron chi connectivity index (χ0n) is 19.2. The summed E-state index contributed by atoms with van der Waals surface area (Å²) in [6.45, 7) is 2.04. The number of fused-ring (bicyclic) bond motifs is 1. The lowest BCUT2D eigenvalue weighted by Gasteiger charge is -2.33. The van der Waals surface area contributed by atoms with E-state index in [2.05, 4.69) is 25.1 Å². The Kier molecular flexibility index (Phi) is 6.75. The molecule has 1 aliphatic heterocycles. The van der Waals surface area contributed by atoms with Crippen LogP contribution in [0.1, 0.15) is 11.8 Å². The van der Waals surface area contributed by atoms with Crippen molar-refractivity contribution in [2.75, 3.05) is 37.3 Å². The number of rotatable bonds is 6. The predicted octanol–water partition coefficient (Wildman–Crippen LogP) is 3.44. The van der Waals surface area contributed by atoms with E-state index < -0.39 is 16.3 Å². The normalized spacial score (nSPS) is 15.8. The van der Waals surface area contributed by atoms with Crippen molar-refractivity contribution >= 4 is 49.9 Å². The number of nitrogens with two attached hydrogens (primary N) is 1.